The van der Waals surface area contributed by atoms with Gasteiger partial charge < -0.3 is 19.6 Å². The number of nitrogens with zero attached hydrogens (tertiary/aromatic N) is 2. The zero-order valence-corrected chi connectivity index (χ0v) is 21.3. The average molecular weight is 512 g/mol. The number of hydrogen-bond donors (Lipinski definition) is 1. The van der Waals surface area contributed by atoms with E-state index in [1.807, 2.05) is 21.0 Å². The molecule has 0 spiro atoms. The number of ether oxygens (including phenoxy) is 1. The van der Waals surface area contributed by atoms with E-state index in [-0.39, 0.29) is 6.10 Å². The fourth-order valence-electron chi connectivity index (χ4n) is 2.43. The highest BCUT2D eigenvalue weighted by Crippen LogP contribution is 2.19. The number of aryl methyl sites for hydroxylation is 2. The molecule has 1 aliphatic rings. The largest absolute Gasteiger partial charge is 0.393 e. The predicted octanol–water partition coefficient (Wildman–Crippen LogP) is 5.06. The summed E-state index contributed by atoms with van der Waals surface area (Å²) in [7, 11) is 8.16. The summed E-state index contributed by atoms with van der Waals surface area (Å²) in [6.45, 7) is 9.07. The van der Waals surface area contributed by atoms with Gasteiger partial charge in [-0.05, 0) is 97.7 Å². The quantitative estimate of drug-likeness (QED) is 0.460. The van der Waals surface area contributed by atoms with Crippen molar-refractivity contribution in [3.05, 3.63) is 56.7 Å². The first-order valence-electron chi connectivity index (χ1n) is 10.0. The Morgan fingerprint density at radius 2 is 1.45 bits per heavy atom. The number of halogens is 1. The summed E-state index contributed by atoms with van der Waals surface area (Å²) in [6.07, 6.45) is 1.04. The molecular formula is C24H37IN2O2. The lowest BCUT2D eigenvalue weighted by atomic mass is 10.0. The smallest absolute Gasteiger partial charge is 0.0781 e. The van der Waals surface area contributed by atoms with Gasteiger partial charge in [-0.3, -0.25) is 0 Å². The van der Waals surface area contributed by atoms with Crippen molar-refractivity contribution in [2.24, 2.45) is 0 Å². The molecule has 1 aliphatic heterocycles. The van der Waals surface area contributed by atoms with Gasteiger partial charge >= 0.3 is 0 Å². The molecule has 3 rings (SSSR count). The molecule has 4 nitrogen and oxygen atoms in total. The standard InChI is InChI=1S/C12H19NO.C9H12IN.C3H6O/c1-9-5-6-12(13(3)4)8-11(9)7-10(2)14;1-7-4-5-8(11(2)3)6-9(7)10;1-3-2-4-3/h5-6,8,10,14H,7H2,1-4H3;4-6H,1-3H3;3H,2H2,1H3/t10-;;3-/m1.1/s1. The molecular weight excluding hydrogens is 475 g/mol. The zero-order valence-electron chi connectivity index (χ0n) is 19.2. The van der Waals surface area contributed by atoms with Gasteiger partial charge in [0.05, 0.1) is 18.8 Å². The van der Waals surface area contributed by atoms with Crippen LogP contribution in [-0.4, -0.2) is 52.1 Å². The van der Waals surface area contributed by atoms with E-state index in [9.17, 15) is 5.11 Å². The molecule has 1 fully saturated rings. The number of aliphatic hydroxyl groups excluding tert-OH is 1. The Hall–Kier alpha value is -1.31. The molecule has 0 radical (unpaired) electrons. The first-order chi connectivity index (χ1) is 13.5. The highest BCUT2D eigenvalue weighted by atomic mass is 127. The van der Waals surface area contributed by atoms with Gasteiger partial charge in [0.2, 0.25) is 0 Å². The molecule has 1 N–H and O–H groups in total. The van der Waals surface area contributed by atoms with Crippen LogP contribution < -0.4 is 9.80 Å². The first kappa shape index (κ1) is 25.7. The molecule has 2 aromatic carbocycles. The van der Waals surface area contributed by atoms with Crippen molar-refractivity contribution >= 4 is 34.0 Å². The lowest BCUT2D eigenvalue weighted by molar-refractivity contribution is 0.195. The van der Waals surface area contributed by atoms with Gasteiger partial charge in [-0.25, -0.2) is 0 Å². The molecule has 2 atom stereocenters. The Labute approximate surface area is 191 Å². The lowest BCUT2D eigenvalue weighted by Gasteiger charge is -2.16. The highest BCUT2D eigenvalue weighted by molar-refractivity contribution is 14.1. The molecule has 1 heterocycles. The monoisotopic (exact) mass is 512 g/mol. The number of rotatable bonds is 4. The van der Waals surface area contributed by atoms with Crippen LogP contribution in [0.3, 0.4) is 0 Å². The van der Waals surface area contributed by atoms with Gasteiger partial charge in [-0.1, -0.05) is 12.1 Å². The fourth-order valence-corrected chi connectivity index (χ4v) is 2.93. The molecule has 162 valence electrons. The molecule has 0 amide bonds. The Morgan fingerprint density at radius 3 is 1.83 bits per heavy atom. The van der Waals surface area contributed by atoms with Crippen LogP contribution in [0, 0.1) is 17.4 Å². The predicted molar refractivity (Wildman–Crippen MR) is 135 cm³/mol. The van der Waals surface area contributed by atoms with E-state index in [2.05, 4.69) is 104 Å². The van der Waals surface area contributed by atoms with Crippen molar-refractivity contribution in [1.82, 2.24) is 0 Å². The topological polar surface area (TPSA) is 39.2 Å². The molecule has 0 bridgehead atoms. The second-order valence-corrected chi connectivity index (χ2v) is 9.19. The number of hydrogen-bond acceptors (Lipinski definition) is 4. The Balaban J connectivity index is 0.000000247. The maximum absolute atomic E-state index is 9.35. The van der Waals surface area contributed by atoms with Crippen molar-refractivity contribution in [3.8, 4) is 0 Å². The van der Waals surface area contributed by atoms with Crippen molar-refractivity contribution in [1.29, 1.82) is 0 Å². The summed E-state index contributed by atoms with van der Waals surface area (Å²) in [4.78, 5) is 4.19. The van der Waals surface area contributed by atoms with Gasteiger partial charge in [0.15, 0.2) is 0 Å². The van der Waals surface area contributed by atoms with Crippen LogP contribution >= 0.6 is 22.6 Å². The van der Waals surface area contributed by atoms with Crippen molar-refractivity contribution < 1.29 is 9.84 Å². The minimum absolute atomic E-state index is 0.272. The summed E-state index contributed by atoms with van der Waals surface area (Å²) >= 11 is 2.36. The molecule has 0 aromatic heterocycles. The minimum Gasteiger partial charge on any atom is -0.393 e. The van der Waals surface area contributed by atoms with Gasteiger partial charge in [0, 0.05) is 43.1 Å². The van der Waals surface area contributed by atoms with Crippen LogP contribution in [0.15, 0.2) is 36.4 Å². The van der Waals surface area contributed by atoms with Gasteiger partial charge in [-0.15, -0.1) is 0 Å². The molecule has 0 unspecified atom stereocenters. The van der Waals surface area contributed by atoms with Gasteiger partial charge in [-0.2, -0.15) is 0 Å². The third kappa shape index (κ3) is 10.3. The van der Waals surface area contributed by atoms with Crippen molar-refractivity contribution in [2.45, 2.75) is 46.3 Å². The van der Waals surface area contributed by atoms with E-state index >= 15 is 0 Å². The van der Waals surface area contributed by atoms with Crippen LogP contribution in [0.1, 0.15) is 30.5 Å². The van der Waals surface area contributed by atoms with E-state index in [4.69, 9.17) is 4.74 Å². The van der Waals surface area contributed by atoms with E-state index in [0.29, 0.717) is 6.10 Å². The second kappa shape index (κ2) is 12.4. The Bertz CT molecular complexity index is 757. The van der Waals surface area contributed by atoms with Crippen LogP contribution in [0.5, 0.6) is 0 Å². The minimum atomic E-state index is -0.272. The third-order valence-corrected chi connectivity index (χ3v) is 5.70. The van der Waals surface area contributed by atoms with E-state index in [1.54, 1.807) is 0 Å². The summed E-state index contributed by atoms with van der Waals surface area (Å²) in [5, 5.41) is 9.35. The van der Waals surface area contributed by atoms with E-state index in [1.165, 1.54) is 31.6 Å². The molecule has 29 heavy (non-hydrogen) atoms. The number of epoxide rings is 1. The van der Waals surface area contributed by atoms with Gasteiger partial charge in [0.1, 0.15) is 0 Å². The lowest BCUT2D eigenvalue weighted by Crippen LogP contribution is -2.11. The Kier molecular flexibility index (Phi) is 11.0. The van der Waals surface area contributed by atoms with Crippen molar-refractivity contribution in [2.75, 3.05) is 44.6 Å². The SMILES string of the molecule is C[C@@H]1CO1.Cc1ccc(N(C)C)cc1C[C@@H](C)O.Cc1ccc(N(C)C)cc1I. The van der Waals surface area contributed by atoms with Crippen LogP contribution in [0.4, 0.5) is 11.4 Å². The highest BCUT2D eigenvalue weighted by Gasteiger charge is 2.13. The molecule has 1 saturated heterocycles. The van der Waals surface area contributed by atoms with E-state index < -0.39 is 0 Å². The molecule has 2 aromatic rings. The summed E-state index contributed by atoms with van der Waals surface area (Å²) in [6, 6.07) is 12.8. The average Bonchev–Trinajstić information content (AvgIpc) is 3.42. The fraction of sp³-hybridized carbons (Fsp3) is 0.500. The number of benzene rings is 2. The summed E-state index contributed by atoms with van der Waals surface area (Å²) < 4.78 is 6.04. The van der Waals surface area contributed by atoms with Crippen molar-refractivity contribution in [3.63, 3.8) is 0 Å². The molecule has 0 saturated carbocycles. The maximum Gasteiger partial charge on any atom is 0.0781 e. The van der Waals surface area contributed by atoms with E-state index in [0.717, 1.165) is 13.0 Å². The summed E-state index contributed by atoms with van der Waals surface area (Å²) in [5.41, 5.74) is 6.27. The van der Waals surface area contributed by atoms with Crippen LogP contribution in [-0.2, 0) is 11.2 Å². The number of aliphatic hydroxyl groups is 1. The number of anilines is 2. The van der Waals surface area contributed by atoms with Crippen LogP contribution in [0.25, 0.3) is 0 Å². The van der Waals surface area contributed by atoms with Crippen LogP contribution in [0.2, 0.25) is 0 Å². The van der Waals surface area contributed by atoms with Gasteiger partial charge in [0.25, 0.3) is 0 Å². The third-order valence-electron chi connectivity index (χ3n) is 4.54. The Morgan fingerprint density at radius 1 is 1.00 bits per heavy atom. The molecule has 0 aliphatic carbocycles. The maximum atomic E-state index is 9.35. The first-order valence-corrected chi connectivity index (χ1v) is 11.1. The summed E-state index contributed by atoms with van der Waals surface area (Å²) in [5.74, 6) is 0. The zero-order chi connectivity index (χ0) is 22.1. The second-order valence-electron chi connectivity index (χ2n) is 8.03. The normalized spacial score (nSPS) is 15.3. The molecule has 5 heteroatoms.